The van der Waals surface area contributed by atoms with Crippen molar-refractivity contribution in [1.82, 2.24) is 14.9 Å². The molecule has 1 saturated heterocycles. The Hall–Kier alpha value is -2.22. The quantitative estimate of drug-likeness (QED) is 0.326. The van der Waals surface area contributed by atoms with Gasteiger partial charge in [0.1, 0.15) is 11.6 Å². The zero-order valence-electron chi connectivity index (χ0n) is 22.9. The van der Waals surface area contributed by atoms with Gasteiger partial charge in [-0.05, 0) is 70.9 Å². The average molecular weight is 602 g/mol. The Morgan fingerprint density at radius 2 is 1.82 bits per heavy atom. The van der Waals surface area contributed by atoms with E-state index >= 15 is 0 Å². The van der Waals surface area contributed by atoms with Crippen LogP contribution in [-0.4, -0.2) is 73.4 Å². The molecule has 3 heterocycles. The van der Waals surface area contributed by atoms with Crippen LogP contribution in [0.25, 0.3) is 9.40 Å². The summed E-state index contributed by atoms with van der Waals surface area (Å²) in [7, 11) is -3.74. The van der Waals surface area contributed by atoms with Crippen molar-refractivity contribution in [3.8, 4) is 0 Å². The van der Waals surface area contributed by atoms with Gasteiger partial charge in [0.05, 0.1) is 10.6 Å². The van der Waals surface area contributed by atoms with E-state index in [2.05, 4.69) is 16.1 Å². The van der Waals surface area contributed by atoms with E-state index < -0.39 is 33.5 Å². The van der Waals surface area contributed by atoms with Gasteiger partial charge in [-0.2, -0.15) is 4.72 Å². The van der Waals surface area contributed by atoms with Crippen LogP contribution in [0.2, 0.25) is 0 Å². The van der Waals surface area contributed by atoms with Crippen LogP contribution in [0.1, 0.15) is 74.3 Å². The number of ether oxygens (including phenoxy) is 1. The van der Waals surface area contributed by atoms with E-state index in [1.807, 2.05) is 27.7 Å². The number of carbonyl (C=O) groups excluding carboxylic acids is 2. The van der Waals surface area contributed by atoms with Crippen molar-refractivity contribution in [2.75, 3.05) is 25.4 Å². The van der Waals surface area contributed by atoms with Crippen molar-refractivity contribution in [1.29, 1.82) is 0 Å². The zero-order valence-corrected chi connectivity index (χ0v) is 25.4. The molecule has 3 rings (SSSR count). The molecular weight excluding hydrogens is 563 g/mol. The van der Waals surface area contributed by atoms with Gasteiger partial charge in [-0.25, -0.2) is 13.2 Å². The summed E-state index contributed by atoms with van der Waals surface area (Å²) < 4.78 is 33.8. The molecule has 3 N–H and O–H groups in total. The summed E-state index contributed by atoms with van der Waals surface area (Å²) in [6, 6.07) is 2.46. The third kappa shape index (κ3) is 9.73. The summed E-state index contributed by atoms with van der Waals surface area (Å²) in [5.74, 6) is -1.38. The van der Waals surface area contributed by atoms with Crippen molar-refractivity contribution in [3.63, 3.8) is 0 Å². The number of aryl methyl sites for hydroxylation is 1. The molecule has 13 heteroatoms. The smallest absolute Gasteiger partial charge is 0.410 e. The van der Waals surface area contributed by atoms with Crippen LogP contribution in [-0.2, 0) is 26.0 Å². The van der Waals surface area contributed by atoms with Crippen LogP contribution in [0.3, 0.4) is 0 Å². The molecule has 2 aromatic rings. The SMILES string of the molecule is CCCCS(=O)(=O)N[C@@H](CNC(=O)c1cc2sc(CCC3CCN(C(=O)OC(C)(C)C)CC3)cc2s1)C(=O)O. The van der Waals surface area contributed by atoms with Gasteiger partial charge in [-0.1, -0.05) is 13.3 Å². The lowest BCUT2D eigenvalue weighted by Crippen LogP contribution is -2.48. The van der Waals surface area contributed by atoms with Crippen LogP contribution in [0.15, 0.2) is 12.1 Å². The molecule has 218 valence electrons. The van der Waals surface area contributed by atoms with Gasteiger partial charge in [-0.3, -0.25) is 9.59 Å². The predicted molar refractivity (Wildman–Crippen MR) is 154 cm³/mol. The second kappa shape index (κ2) is 13.4. The molecule has 2 amide bonds. The number of carboxylic acids is 1. The van der Waals surface area contributed by atoms with Crippen LogP contribution in [0.5, 0.6) is 0 Å². The number of fused-ring (bicyclic) bond motifs is 1. The summed E-state index contributed by atoms with van der Waals surface area (Å²) in [4.78, 5) is 39.9. The molecule has 0 aromatic carbocycles. The Labute approximate surface area is 238 Å². The number of hydrogen-bond donors (Lipinski definition) is 3. The highest BCUT2D eigenvalue weighted by atomic mass is 32.2. The maximum atomic E-state index is 12.6. The lowest BCUT2D eigenvalue weighted by Gasteiger charge is -2.33. The van der Waals surface area contributed by atoms with Gasteiger partial charge in [0.15, 0.2) is 0 Å². The third-order valence-corrected chi connectivity index (χ3v) is 10.2. The predicted octanol–water partition coefficient (Wildman–Crippen LogP) is 4.45. The second-order valence-corrected chi connectivity index (χ2v) is 15.0. The number of nitrogens with zero attached hydrogens (tertiary/aromatic N) is 1. The van der Waals surface area contributed by atoms with E-state index in [1.165, 1.54) is 16.2 Å². The largest absolute Gasteiger partial charge is 0.480 e. The number of amides is 2. The molecule has 0 radical (unpaired) electrons. The minimum absolute atomic E-state index is 0.157. The minimum atomic E-state index is -3.74. The monoisotopic (exact) mass is 601 g/mol. The summed E-state index contributed by atoms with van der Waals surface area (Å²) in [6.45, 7) is 8.53. The lowest BCUT2D eigenvalue weighted by atomic mass is 9.92. The third-order valence-electron chi connectivity index (χ3n) is 6.40. The molecule has 0 unspecified atom stereocenters. The van der Waals surface area contributed by atoms with Crippen LogP contribution >= 0.6 is 22.7 Å². The number of unbranched alkanes of at least 4 members (excludes halogenated alkanes) is 1. The number of thiophene rings is 2. The number of sulfonamides is 1. The highest BCUT2D eigenvalue weighted by Crippen LogP contribution is 2.35. The van der Waals surface area contributed by atoms with E-state index in [-0.39, 0.29) is 18.4 Å². The molecule has 0 spiro atoms. The fourth-order valence-electron chi connectivity index (χ4n) is 4.27. The summed E-state index contributed by atoms with van der Waals surface area (Å²) in [5.41, 5.74) is -0.490. The molecule has 0 bridgehead atoms. The number of rotatable bonds is 12. The van der Waals surface area contributed by atoms with Gasteiger partial charge in [-0.15, -0.1) is 22.7 Å². The highest BCUT2D eigenvalue weighted by molar-refractivity contribution is 7.89. The number of nitrogens with one attached hydrogen (secondary N) is 2. The van der Waals surface area contributed by atoms with Gasteiger partial charge in [0.25, 0.3) is 5.91 Å². The summed E-state index contributed by atoms with van der Waals surface area (Å²) in [5, 5.41) is 11.9. The fourth-order valence-corrected chi connectivity index (χ4v) is 8.03. The van der Waals surface area contributed by atoms with Crippen LogP contribution in [0.4, 0.5) is 4.79 Å². The molecule has 2 aromatic heterocycles. The van der Waals surface area contributed by atoms with E-state index in [4.69, 9.17) is 4.74 Å². The molecule has 1 aliphatic heterocycles. The Balaban J connectivity index is 1.47. The van der Waals surface area contributed by atoms with Crippen molar-refractivity contribution < 1.29 is 32.6 Å². The van der Waals surface area contributed by atoms with Crippen molar-refractivity contribution in [2.24, 2.45) is 5.92 Å². The summed E-state index contributed by atoms with van der Waals surface area (Å²) in [6.07, 6.45) is 4.73. The first-order chi connectivity index (χ1) is 18.3. The number of carbonyl (C=O) groups is 3. The van der Waals surface area contributed by atoms with E-state index in [0.717, 1.165) is 35.1 Å². The number of piperidine rings is 1. The zero-order chi connectivity index (χ0) is 28.8. The van der Waals surface area contributed by atoms with Gasteiger partial charge < -0.3 is 20.1 Å². The number of hydrogen-bond acceptors (Lipinski definition) is 8. The Morgan fingerprint density at radius 3 is 2.41 bits per heavy atom. The Bertz CT molecular complexity index is 1220. The topological polar surface area (TPSA) is 142 Å². The van der Waals surface area contributed by atoms with E-state index in [9.17, 15) is 27.9 Å². The first kappa shape index (κ1) is 31.3. The van der Waals surface area contributed by atoms with E-state index in [1.54, 1.807) is 22.3 Å². The van der Waals surface area contributed by atoms with Gasteiger partial charge in [0, 0.05) is 33.9 Å². The highest BCUT2D eigenvalue weighted by Gasteiger charge is 2.27. The summed E-state index contributed by atoms with van der Waals surface area (Å²) >= 11 is 2.97. The number of aliphatic carboxylic acids is 1. The Kier molecular flexibility index (Phi) is 10.8. The van der Waals surface area contributed by atoms with Crippen LogP contribution in [0, 0.1) is 5.92 Å². The molecule has 39 heavy (non-hydrogen) atoms. The molecule has 0 saturated carbocycles. The molecule has 10 nitrogen and oxygen atoms in total. The molecular formula is C26H39N3O7S3. The lowest BCUT2D eigenvalue weighted by molar-refractivity contribution is -0.138. The standard InChI is InChI=1S/C26H39N3O7S3/c1-5-6-13-39(34,35)28-19(24(31)32)16-27-23(30)22-15-21-20(38-22)14-18(37-21)8-7-17-9-11-29(12-10-17)25(33)36-26(2,3)4/h14-15,17,19,28H,5-13,16H2,1-4H3,(H,27,30)(H,31,32)/t19-/m0/s1. The van der Waals surface area contributed by atoms with Crippen molar-refractivity contribution in [3.05, 3.63) is 21.9 Å². The Morgan fingerprint density at radius 1 is 1.15 bits per heavy atom. The minimum Gasteiger partial charge on any atom is -0.480 e. The van der Waals surface area contributed by atoms with Gasteiger partial charge >= 0.3 is 12.1 Å². The number of carboxylic acid groups (broad SMARTS) is 1. The molecule has 1 aliphatic rings. The number of likely N-dealkylation sites (tertiary alicyclic amines) is 1. The van der Waals surface area contributed by atoms with Crippen LogP contribution < -0.4 is 10.0 Å². The fraction of sp³-hybridized carbons (Fsp3) is 0.654. The average Bonchev–Trinajstić information content (AvgIpc) is 3.42. The van der Waals surface area contributed by atoms with E-state index in [0.29, 0.717) is 36.7 Å². The normalized spacial score (nSPS) is 15.8. The first-order valence-electron chi connectivity index (χ1n) is 13.3. The van der Waals surface area contributed by atoms with Crippen molar-refractivity contribution >= 4 is 60.1 Å². The second-order valence-electron chi connectivity index (χ2n) is 10.9. The molecule has 0 aliphatic carbocycles. The molecule has 1 atom stereocenters. The molecule has 1 fully saturated rings. The maximum Gasteiger partial charge on any atom is 0.410 e. The first-order valence-corrected chi connectivity index (χ1v) is 16.6. The maximum absolute atomic E-state index is 12.6. The van der Waals surface area contributed by atoms with Gasteiger partial charge in [0.2, 0.25) is 10.0 Å². The van der Waals surface area contributed by atoms with Crippen molar-refractivity contribution in [2.45, 2.75) is 77.9 Å².